The molecular weight excluding hydrogens is 446 g/mol. The number of nitriles is 1. The van der Waals surface area contributed by atoms with Crippen LogP contribution in [0.1, 0.15) is 17.0 Å². The summed E-state index contributed by atoms with van der Waals surface area (Å²) in [7, 11) is 8.42. The van der Waals surface area contributed by atoms with E-state index in [1.807, 2.05) is 49.5 Å². The molecule has 4 rings (SSSR count). The fourth-order valence-electron chi connectivity index (χ4n) is 4.60. The summed E-state index contributed by atoms with van der Waals surface area (Å²) in [6.45, 7) is 1.27. The molecule has 2 aromatic rings. The van der Waals surface area contributed by atoms with Gasteiger partial charge in [-0.15, -0.1) is 0 Å². The molecule has 0 bridgehead atoms. The van der Waals surface area contributed by atoms with Gasteiger partial charge in [-0.25, -0.2) is 0 Å². The molecule has 2 aliphatic rings. The molecule has 0 saturated heterocycles. The largest absolute Gasteiger partial charge is 0.493 e. The molecule has 182 valence electrons. The van der Waals surface area contributed by atoms with E-state index in [4.69, 9.17) is 29.4 Å². The Morgan fingerprint density at radius 2 is 1.57 bits per heavy atom. The van der Waals surface area contributed by atoms with Gasteiger partial charge in [-0.2, -0.15) is 5.26 Å². The highest BCUT2D eigenvalue weighted by Crippen LogP contribution is 2.45. The Morgan fingerprint density at radius 1 is 0.943 bits per heavy atom. The Bertz CT molecular complexity index is 1270. The highest BCUT2D eigenvalue weighted by atomic mass is 16.5. The van der Waals surface area contributed by atoms with Gasteiger partial charge < -0.3 is 29.4 Å². The number of rotatable bonds is 6. The number of likely N-dealkylation sites (N-methyl/N-ethyl adjacent to an activating group) is 1. The minimum Gasteiger partial charge on any atom is -0.493 e. The van der Waals surface area contributed by atoms with E-state index in [0.717, 1.165) is 22.3 Å². The summed E-state index contributed by atoms with van der Waals surface area (Å²) >= 11 is 0. The third-order valence-electron chi connectivity index (χ3n) is 6.19. The number of nitrogens with zero attached hydrogens (tertiary/aromatic N) is 2. The fraction of sp³-hybridized carbons (Fsp3) is 0.296. The van der Waals surface area contributed by atoms with Crippen molar-refractivity contribution in [1.29, 1.82) is 5.26 Å². The molecule has 2 heterocycles. The van der Waals surface area contributed by atoms with Crippen LogP contribution in [0.15, 0.2) is 64.8 Å². The molecule has 0 spiro atoms. The summed E-state index contributed by atoms with van der Waals surface area (Å²) in [5.41, 5.74) is 10.4. The maximum Gasteiger partial charge on any atom is 0.205 e. The monoisotopic (exact) mass is 475 g/mol. The van der Waals surface area contributed by atoms with Crippen LogP contribution in [0.5, 0.6) is 23.0 Å². The number of hydrogen-bond donors (Lipinski definition) is 1. The van der Waals surface area contributed by atoms with E-state index in [1.165, 1.54) is 0 Å². The maximum absolute atomic E-state index is 9.98. The van der Waals surface area contributed by atoms with Gasteiger partial charge in [0.1, 0.15) is 17.4 Å². The van der Waals surface area contributed by atoms with E-state index in [1.54, 1.807) is 28.4 Å². The van der Waals surface area contributed by atoms with Crippen molar-refractivity contribution in [3.05, 3.63) is 75.9 Å². The Hall–Kier alpha value is -4.09. The zero-order valence-corrected chi connectivity index (χ0v) is 20.5. The first kappa shape index (κ1) is 24.0. The average molecular weight is 476 g/mol. The standard InChI is InChI=1S/C27H29N3O5/c1-30-14-18(10-16-6-8-21(31-2)23(11-16)33-4)26-20(15-30)25(19(13-28)27(29)35-26)17-7-9-22(32-3)24(12-17)34-5/h6-12,25H,14-15,29H2,1-5H3. The molecule has 0 aromatic heterocycles. The predicted molar refractivity (Wildman–Crippen MR) is 132 cm³/mol. The van der Waals surface area contributed by atoms with E-state index in [2.05, 4.69) is 11.0 Å². The SMILES string of the molecule is COc1ccc(C=C2CN(C)CC3=C2OC(N)=C(C#N)C3c2ccc(OC)c(OC)c2)cc1OC. The number of ether oxygens (including phenoxy) is 5. The lowest BCUT2D eigenvalue weighted by Crippen LogP contribution is -2.35. The normalized spacial score (nSPS) is 19.1. The second-order valence-corrected chi connectivity index (χ2v) is 8.35. The summed E-state index contributed by atoms with van der Waals surface area (Å²) in [5.74, 6) is 2.91. The molecule has 0 fully saturated rings. The van der Waals surface area contributed by atoms with Crippen LogP contribution in [0.25, 0.3) is 6.08 Å². The van der Waals surface area contributed by atoms with Gasteiger partial charge >= 0.3 is 0 Å². The quantitative estimate of drug-likeness (QED) is 0.673. The molecule has 2 aromatic carbocycles. The lowest BCUT2D eigenvalue weighted by atomic mass is 9.80. The molecular formula is C27H29N3O5. The van der Waals surface area contributed by atoms with Crippen molar-refractivity contribution in [3.8, 4) is 29.1 Å². The summed E-state index contributed by atoms with van der Waals surface area (Å²) in [6, 6.07) is 13.6. The van der Waals surface area contributed by atoms with Crippen LogP contribution in [0.2, 0.25) is 0 Å². The predicted octanol–water partition coefficient (Wildman–Crippen LogP) is 3.81. The summed E-state index contributed by atoms with van der Waals surface area (Å²) in [5, 5.41) is 9.98. The number of nitrogens with two attached hydrogens (primary N) is 1. The number of allylic oxidation sites excluding steroid dienone is 1. The smallest absolute Gasteiger partial charge is 0.205 e. The second-order valence-electron chi connectivity index (χ2n) is 8.35. The van der Waals surface area contributed by atoms with Crippen molar-refractivity contribution >= 4 is 6.08 Å². The number of methoxy groups -OCH3 is 4. The third-order valence-corrected chi connectivity index (χ3v) is 6.19. The second kappa shape index (κ2) is 10.0. The van der Waals surface area contributed by atoms with E-state index < -0.39 is 0 Å². The van der Waals surface area contributed by atoms with Gasteiger partial charge in [-0.1, -0.05) is 12.1 Å². The third kappa shape index (κ3) is 4.51. The molecule has 1 unspecified atom stereocenters. The molecule has 2 aliphatic heterocycles. The van der Waals surface area contributed by atoms with Crippen LogP contribution in [0.3, 0.4) is 0 Å². The van der Waals surface area contributed by atoms with Crippen LogP contribution in [0.4, 0.5) is 0 Å². The fourth-order valence-corrected chi connectivity index (χ4v) is 4.60. The van der Waals surface area contributed by atoms with E-state index >= 15 is 0 Å². The molecule has 0 aliphatic carbocycles. The zero-order valence-electron chi connectivity index (χ0n) is 20.5. The van der Waals surface area contributed by atoms with Crippen molar-refractivity contribution in [2.24, 2.45) is 5.73 Å². The number of benzene rings is 2. The summed E-state index contributed by atoms with van der Waals surface area (Å²) in [6.07, 6.45) is 2.04. The molecule has 1 atom stereocenters. The molecule has 0 saturated carbocycles. The van der Waals surface area contributed by atoms with Crippen LogP contribution in [-0.2, 0) is 4.74 Å². The first-order valence-corrected chi connectivity index (χ1v) is 11.1. The van der Waals surface area contributed by atoms with Gasteiger partial charge in [-0.05, 0) is 54.1 Å². The number of hydrogen-bond acceptors (Lipinski definition) is 8. The molecule has 2 N–H and O–H groups in total. The summed E-state index contributed by atoms with van der Waals surface area (Å²) < 4.78 is 27.8. The van der Waals surface area contributed by atoms with Crippen molar-refractivity contribution in [3.63, 3.8) is 0 Å². The minimum absolute atomic E-state index is 0.105. The summed E-state index contributed by atoms with van der Waals surface area (Å²) in [4.78, 5) is 2.18. The molecule has 0 radical (unpaired) electrons. The average Bonchev–Trinajstić information content (AvgIpc) is 2.87. The topological polar surface area (TPSA) is 99.2 Å². The van der Waals surface area contributed by atoms with Crippen LogP contribution in [0, 0.1) is 11.3 Å². The lowest BCUT2D eigenvalue weighted by molar-refractivity contribution is 0.251. The van der Waals surface area contributed by atoms with Crippen LogP contribution >= 0.6 is 0 Å². The Morgan fingerprint density at radius 3 is 2.20 bits per heavy atom. The van der Waals surface area contributed by atoms with E-state index in [9.17, 15) is 5.26 Å². The Balaban J connectivity index is 1.85. The first-order valence-electron chi connectivity index (χ1n) is 11.1. The van der Waals surface area contributed by atoms with Gasteiger partial charge in [0.2, 0.25) is 5.88 Å². The van der Waals surface area contributed by atoms with Crippen LogP contribution < -0.4 is 24.7 Å². The highest BCUT2D eigenvalue weighted by Gasteiger charge is 2.37. The zero-order chi connectivity index (χ0) is 25.1. The van der Waals surface area contributed by atoms with E-state index in [-0.39, 0.29) is 11.8 Å². The van der Waals surface area contributed by atoms with E-state index in [0.29, 0.717) is 47.4 Å². The molecule has 0 amide bonds. The Kier molecular flexibility index (Phi) is 6.90. The van der Waals surface area contributed by atoms with Gasteiger partial charge in [0, 0.05) is 18.7 Å². The highest BCUT2D eigenvalue weighted by molar-refractivity contribution is 5.65. The molecule has 35 heavy (non-hydrogen) atoms. The minimum atomic E-state index is -0.375. The van der Waals surface area contributed by atoms with Crippen molar-refractivity contribution in [1.82, 2.24) is 4.90 Å². The first-order chi connectivity index (χ1) is 16.9. The molecule has 8 heteroatoms. The van der Waals surface area contributed by atoms with Crippen molar-refractivity contribution < 1.29 is 23.7 Å². The van der Waals surface area contributed by atoms with Crippen molar-refractivity contribution in [2.45, 2.75) is 5.92 Å². The van der Waals surface area contributed by atoms with Crippen molar-refractivity contribution in [2.75, 3.05) is 48.6 Å². The maximum atomic E-state index is 9.98. The van der Waals surface area contributed by atoms with Gasteiger partial charge in [0.15, 0.2) is 23.0 Å². The van der Waals surface area contributed by atoms with Gasteiger partial charge in [-0.3, -0.25) is 4.90 Å². The Labute approximate surface area is 205 Å². The van der Waals surface area contributed by atoms with Gasteiger partial charge in [0.05, 0.1) is 34.4 Å². The lowest BCUT2D eigenvalue weighted by Gasteiger charge is -2.37. The van der Waals surface area contributed by atoms with Gasteiger partial charge in [0.25, 0.3) is 0 Å². The van der Waals surface area contributed by atoms with Crippen LogP contribution in [-0.4, -0.2) is 53.5 Å². The molecule has 8 nitrogen and oxygen atoms in total.